The topological polar surface area (TPSA) is 95.8 Å². The Morgan fingerprint density at radius 3 is 2.88 bits per heavy atom. The van der Waals surface area contributed by atoms with E-state index in [0.717, 1.165) is 49.6 Å². The van der Waals surface area contributed by atoms with E-state index in [0.29, 0.717) is 17.8 Å². The predicted molar refractivity (Wildman–Crippen MR) is 97.1 cm³/mol. The van der Waals surface area contributed by atoms with Crippen LogP contribution in [0.15, 0.2) is 18.9 Å². The fraction of sp³-hybridized carbons (Fsp3) is 0.471. The number of hydrogen-bond acceptors (Lipinski definition) is 6. The Balaban J connectivity index is 1.52. The Morgan fingerprint density at radius 1 is 1.19 bits per heavy atom. The number of nitrogens with zero attached hydrogens (tertiary/aromatic N) is 7. The average molecular weight is 354 g/mol. The summed E-state index contributed by atoms with van der Waals surface area (Å²) in [5.41, 5.74) is 3.12. The third-order valence-corrected chi connectivity index (χ3v) is 4.92. The molecule has 136 valence electrons. The first-order valence-corrected chi connectivity index (χ1v) is 8.89. The van der Waals surface area contributed by atoms with Crippen molar-refractivity contribution in [3.05, 3.63) is 30.1 Å². The van der Waals surface area contributed by atoms with Crippen LogP contribution in [0.25, 0.3) is 11.2 Å². The van der Waals surface area contributed by atoms with Gasteiger partial charge in [-0.1, -0.05) is 0 Å². The Bertz CT molecular complexity index is 930. The fourth-order valence-electron chi connectivity index (χ4n) is 3.47. The van der Waals surface area contributed by atoms with Gasteiger partial charge in [-0.15, -0.1) is 0 Å². The Labute approximate surface area is 151 Å². The molecule has 0 spiro atoms. The van der Waals surface area contributed by atoms with E-state index in [1.165, 1.54) is 6.33 Å². The number of aryl methyl sites for hydroxylation is 1. The average Bonchev–Trinajstić information content (AvgIpc) is 3.20. The number of imidazole rings is 1. The minimum absolute atomic E-state index is 0.0541. The summed E-state index contributed by atoms with van der Waals surface area (Å²) in [4.78, 5) is 32.9. The van der Waals surface area contributed by atoms with E-state index in [4.69, 9.17) is 0 Å². The van der Waals surface area contributed by atoms with Crippen molar-refractivity contribution in [1.29, 1.82) is 0 Å². The molecule has 0 saturated carbocycles. The van der Waals surface area contributed by atoms with Crippen molar-refractivity contribution >= 4 is 22.9 Å². The maximum absolute atomic E-state index is 12.9. The number of aromatic amines is 1. The summed E-state index contributed by atoms with van der Waals surface area (Å²) in [6.07, 6.45) is 5.73. The lowest BCUT2D eigenvalue weighted by atomic mass is 10.2. The number of fused-ring (bicyclic) bond motifs is 1. The van der Waals surface area contributed by atoms with Crippen molar-refractivity contribution in [2.24, 2.45) is 0 Å². The summed E-state index contributed by atoms with van der Waals surface area (Å²) in [6.45, 7) is 7.67. The van der Waals surface area contributed by atoms with Gasteiger partial charge in [0.15, 0.2) is 11.5 Å². The normalized spacial score (nSPS) is 15.5. The van der Waals surface area contributed by atoms with Crippen molar-refractivity contribution in [2.45, 2.75) is 26.8 Å². The first kappa shape index (κ1) is 16.5. The number of carbonyl (C=O) groups excluding carboxylic acids is 1. The molecule has 0 unspecified atom stereocenters. The molecule has 1 aliphatic rings. The highest BCUT2D eigenvalue weighted by molar-refractivity contribution is 5.95. The third kappa shape index (κ3) is 2.79. The summed E-state index contributed by atoms with van der Waals surface area (Å²) in [6, 6.07) is 0. The zero-order chi connectivity index (χ0) is 18.1. The van der Waals surface area contributed by atoms with Gasteiger partial charge >= 0.3 is 0 Å². The molecule has 1 N–H and O–H groups in total. The molecule has 1 amide bonds. The lowest BCUT2D eigenvalue weighted by Crippen LogP contribution is -2.35. The van der Waals surface area contributed by atoms with Gasteiger partial charge < -0.3 is 14.8 Å². The molecular formula is C17H22N8O. The van der Waals surface area contributed by atoms with Gasteiger partial charge in [-0.2, -0.15) is 5.10 Å². The van der Waals surface area contributed by atoms with Gasteiger partial charge in [0.05, 0.1) is 18.1 Å². The minimum atomic E-state index is 0.0541. The van der Waals surface area contributed by atoms with E-state index in [-0.39, 0.29) is 5.91 Å². The van der Waals surface area contributed by atoms with Crippen molar-refractivity contribution < 1.29 is 4.79 Å². The molecule has 1 aliphatic heterocycles. The van der Waals surface area contributed by atoms with Crippen LogP contribution in [0, 0.1) is 6.92 Å². The molecular weight excluding hydrogens is 332 g/mol. The van der Waals surface area contributed by atoms with E-state index in [2.05, 4.69) is 29.9 Å². The summed E-state index contributed by atoms with van der Waals surface area (Å²) < 4.78 is 1.85. The lowest BCUT2D eigenvalue weighted by molar-refractivity contribution is 0.0766. The number of nitrogens with one attached hydrogen (secondary N) is 1. The molecule has 9 nitrogen and oxygen atoms in total. The van der Waals surface area contributed by atoms with Crippen LogP contribution in [0.4, 0.5) is 5.82 Å². The highest BCUT2D eigenvalue weighted by atomic mass is 16.2. The van der Waals surface area contributed by atoms with Crippen molar-refractivity contribution in [3.8, 4) is 0 Å². The van der Waals surface area contributed by atoms with Gasteiger partial charge in [0, 0.05) is 38.4 Å². The van der Waals surface area contributed by atoms with E-state index >= 15 is 0 Å². The molecule has 4 rings (SSSR count). The van der Waals surface area contributed by atoms with Crippen LogP contribution in [-0.4, -0.2) is 66.7 Å². The minimum Gasteiger partial charge on any atom is -0.353 e. The van der Waals surface area contributed by atoms with Gasteiger partial charge in [-0.05, 0) is 20.3 Å². The number of anilines is 1. The first-order chi connectivity index (χ1) is 12.7. The molecule has 0 aliphatic carbocycles. The zero-order valence-electron chi connectivity index (χ0n) is 15.0. The van der Waals surface area contributed by atoms with E-state index in [9.17, 15) is 4.79 Å². The molecule has 1 fully saturated rings. The van der Waals surface area contributed by atoms with Crippen LogP contribution < -0.4 is 4.90 Å². The van der Waals surface area contributed by atoms with Crippen LogP contribution >= 0.6 is 0 Å². The van der Waals surface area contributed by atoms with Crippen LogP contribution in [0.3, 0.4) is 0 Å². The SMILES string of the molecule is CCn1ncc(C(=O)N2CCCN(c3ncnc4nc[nH]c34)CC2)c1C. The smallest absolute Gasteiger partial charge is 0.257 e. The predicted octanol–water partition coefficient (Wildman–Crippen LogP) is 1.23. The number of amides is 1. The maximum atomic E-state index is 12.9. The number of hydrogen-bond donors (Lipinski definition) is 1. The summed E-state index contributed by atoms with van der Waals surface area (Å²) in [5.74, 6) is 0.898. The van der Waals surface area contributed by atoms with Crippen LogP contribution in [0.5, 0.6) is 0 Å². The first-order valence-electron chi connectivity index (χ1n) is 8.89. The van der Waals surface area contributed by atoms with Gasteiger partial charge in [0.2, 0.25) is 0 Å². The van der Waals surface area contributed by atoms with Crippen LogP contribution in [-0.2, 0) is 6.54 Å². The molecule has 9 heteroatoms. The molecule has 0 aromatic carbocycles. The quantitative estimate of drug-likeness (QED) is 0.760. The second kappa shape index (κ2) is 6.74. The Hall–Kier alpha value is -2.97. The molecule has 0 atom stereocenters. The molecule has 0 bridgehead atoms. The largest absolute Gasteiger partial charge is 0.353 e. The zero-order valence-corrected chi connectivity index (χ0v) is 15.0. The van der Waals surface area contributed by atoms with E-state index < -0.39 is 0 Å². The Kier molecular flexibility index (Phi) is 4.27. The molecule has 4 heterocycles. The van der Waals surface area contributed by atoms with E-state index in [1.54, 1.807) is 12.5 Å². The number of aromatic nitrogens is 6. The molecule has 3 aromatic heterocycles. The molecule has 26 heavy (non-hydrogen) atoms. The van der Waals surface area contributed by atoms with Gasteiger partial charge in [0.1, 0.15) is 11.8 Å². The highest BCUT2D eigenvalue weighted by Crippen LogP contribution is 2.21. The lowest BCUT2D eigenvalue weighted by Gasteiger charge is -2.23. The van der Waals surface area contributed by atoms with Crippen LogP contribution in [0.2, 0.25) is 0 Å². The molecule has 1 saturated heterocycles. The molecule has 3 aromatic rings. The van der Waals surface area contributed by atoms with Crippen LogP contribution in [0.1, 0.15) is 29.4 Å². The number of carbonyl (C=O) groups is 1. The van der Waals surface area contributed by atoms with Crippen molar-refractivity contribution in [3.63, 3.8) is 0 Å². The second-order valence-electron chi connectivity index (χ2n) is 6.39. The van der Waals surface area contributed by atoms with Gasteiger partial charge in [-0.3, -0.25) is 9.48 Å². The number of rotatable bonds is 3. The molecule has 0 radical (unpaired) electrons. The summed E-state index contributed by atoms with van der Waals surface area (Å²) in [7, 11) is 0. The van der Waals surface area contributed by atoms with Crippen molar-refractivity contribution in [1.82, 2.24) is 34.6 Å². The van der Waals surface area contributed by atoms with Gasteiger partial charge in [-0.25, -0.2) is 15.0 Å². The summed E-state index contributed by atoms with van der Waals surface area (Å²) >= 11 is 0. The number of H-pyrrole nitrogens is 1. The van der Waals surface area contributed by atoms with Gasteiger partial charge in [0.25, 0.3) is 5.91 Å². The monoisotopic (exact) mass is 354 g/mol. The standard InChI is InChI=1S/C17H22N8O/c1-3-25-12(2)13(9-22-25)17(26)24-6-4-5-23(7-8-24)16-14-15(19-10-18-14)20-11-21-16/h9-11H,3-8H2,1-2H3,(H,18,19,20,21). The summed E-state index contributed by atoms with van der Waals surface area (Å²) in [5, 5.41) is 4.30. The fourth-order valence-corrected chi connectivity index (χ4v) is 3.47. The van der Waals surface area contributed by atoms with Crippen molar-refractivity contribution in [2.75, 3.05) is 31.1 Å². The maximum Gasteiger partial charge on any atom is 0.257 e. The highest BCUT2D eigenvalue weighted by Gasteiger charge is 2.24. The third-order valence-electron chi connectivity index (χ3n) is 4.92. The second-order valence-corrected chi connectivity index (χ2v) is 6.39. The Morgan fingerprint density at radius 2 is 2.08 bits per heavy atom. The van der Waals surface area contributed by atoms with E-state index in [1.807, 2.05) is 23.4 Å².